The number of aromatic amines is 1. The quantitative estimate of drug-likeness (QED) is 0.826. The molecule has 0 radical (unpaired) electrons. The second-order valence-corrected chi connectivity index (χ2v) is 6.38. The van der Waals surface area contributed by atoms with Gasteiger partial charge in [0, 0.05) is 12.1 Å². The van der Waals surface area contributed by atoms with E-state index in [0.29, 0.717) is 28.0 Å². The number of oxazole rings is 1. The molecule has 1 aliphatic rings. The summed E-state index contributed by atoms with van der Waals surface area (Å²) in [6.07, 6.45) is 4.57. The first-order chi connectivity index (χ1) is 9.43. The number of nitrogens with one attached hydrogen (secondary N) is 1. The van der Waals surface area contributed by atoms with E-state index in [0.717, 1.165) is 25.7 Å². The normalized spacial score (nSPS) is 19.3. The summed E-state index contributed by atoms with van der Waals surface area (Å²) >= 11 is 0. The number of H-pyrrole nitrogens is 1. The molecule has 3 rings (SSSR count). The number of benzene rings is 1. The Labute approximate surface area is 117 Å². The van der Waals surface area contributed by atoms with E-state index in [2.05, 4.69) is 18.8 Å². The van der Waals surface area contributed by atoms with Crippen LogP contribution in [0.2, 0.25) is 0 Å². The minimum absolute atomic E-state index is 0.196. The number of aromatic nitrogens is 1. The summed E-state index contributed by atoms with van der Waals surface area (Å²) in [5.41, 5.74) is 7.96. The molecule has 108 valence electrons. The zero-order valence-corrected chi connectivity index (χ0v) is 11.9. The van der Waals surface area contributed by atoms with Crippen molar-refractivity contribution in [3.05, 3.63) is 22.7 Å². The summed E-state index contributed by atoms with van der Waals surface area (Å²) in [4.78, 5) is 13.8. The van der Waals surface area contributed by atoms with Crippen LogP contribution in [0.3, 0.4) is 0 Å². The molecule has 0 spiro atoms. The predicted molar refractivity (Wildman–Crippen MR) is 77.9 cm³/mol. The molecule has 0 amide bonds. The Hall–Kier alpha value is -1.91. The Morgan fingerprint density at radius 3 is 2.75 bits per heavy atom. The lowest BCUT2D eigenvalue weighted by Crippen LogP contribution is -2.28. The van der Waals surface area contributed by atoms with Crippen molar-refractivity contribution in [2.45, 2.75) is 45.6 Å². The summed E-state index contributed by atoms with van der Waals surface area (Å²) in [7, 11) is 0. The summed E-state index contributed by atoms with van der Waals surface area (Å²) in [6, 6.07) is 3.38. The van der Waals surface area contributed by atoms with Crippen LogP contribution in [0.1, 0.15) is 39.5 Å². The molecule has 1 heterocycles. The monoisotopic (exact) mass is 276 g/mol. The van der Waals surface area contributed by atoms with Gasteiger partial charge in [-0.3, -0.25) is 4.98 Å². The summed E-state index contributed by atoms with van der Waals surface area (Å²) < 4.78 is 11.0. The molecule has 1 saturated carbocycles. The lowest BCUT2D eigenvalue weighted by molar-refractivity contribution is 0.0995. The Morgan fingerprint density at radius 2 is 2.05 bits per heavy atom. The van der Waals surface area contributed by atoms with Gasteiger partial charge in [0.1, 0.15) is 5.75 Å². The number of fused-ring (bicyclic) bond motifs is 1. The first-order valence-corrected chi connectivity index (χ1v) is 7.02. The molecule has 0 saturated heterocycles. The van der Waals surface area contributed by atoms with Crippen molar-refractivity contribution < 1.29 is 9.15 Å². The Balaban J connectivity index is 1.80. The average Bonchev–Trinajstić information content (AvgIpc) is 2.71. The highest BCUT2D eigenvalue weighted by molar-refractivity contribution is 5.80. The summed E-state index contributed by atoms with van der Waals surface area (Å²) in [5, 5.41) is 0. The minimum atomic E-state index is -0.476. The van der Waals surface area contributed by atoms with Gasteiger partial charge in [0.25, 0.3) is 0 Å². The van der Waals surface area contributed by atoms with Gasteiger partial charge in [-0.2, -0.15) is 0 Å². The van der Waals surface area contributed by atoms with Crippen LogP contribution in [-0.2, 0) is 0 Å². The van der Waals surface area contributed by atoms with Crippen molar-refractivity contribution >= 4 is 16.8 Å². The van der Waals surface area contributed by atoms with Crippen LogP contribution >= 0.6 is 0 Å². The second-order valence-electron chi connectivity index (χ2n) is 6.38. The van der Waals surface area contributed by atoms with Crippen molar-refractivity contribution in [1.29, 1.82) is 0 Å². The number of rotatable bonds is 2. The Kier molecular flexibility index (Phi) is 3.00. The Bertz CT molecular complexity index is 674. The van der Waals surface area contributed by atoms with Crippen LogP contribution in [0.5, 0.6) is 5.75 Å². The first kappa shape index (κ1) is 13.1. The van der Waals surface area contributed by atoms with Gasteiger partial charge in [-0.05, 0) is 31.1 Å². The van der Waals surface area contributed by atoms with Gasteiger partial charge in [0.15, 0.2) is 5.58 Å². The zero-order valence-electron chi connectivity index (χ0n) is 11.9. The lowest BCUT2D eigenvalue weighted by Gasteiger charge is -2.34. The lowest BCUT2D eigenvalue weighted by atomic mass is 9.76. The highest BCUT2D eigenvalue weighted by atomic mass is 16.5. The fraction of sp³-hybridized carbons (Fsp3) is 0.533. The van der Waals surface area contributed by atoms with Gasteiger partial charge in [-0.25, -0.2) is 4.79 Å². The largest absolute Gasteiger partial charge is 0.488 e. The maximum Gasteiger partial charge on any atom is 0.417 e. The molecule has 0 unspecified atom stereocenters. The van der Waals surface area contributed by atoms with Crippen molar-refractivity contribution in [1.82, 2.24) is 4.98 Å². The molecule has 2 aromatic rings. The summed E-state index contributed by atoms with van der Waals surface area (Å²) in [6.45, 7) is 4.58. The van der Waals surface area contributed by atoms with Gasteiger partial charge in [0.05, 0.1) is 17.3 Å². The van der Waals surface area contributed by atoms with Crippen molar-refractivity contribution in [3.8, 4) is 5.75 Å². The van der Waals surface area contributed by atoms with Crippen LogP contribution in [0.4, 0.5) is 5.69 Å². The first-order valence-electron chi connectivity index (χ1n) is 7.02. The van der Waals surface area contributed by atoms with Crippen LogP contribution < -0.4 is 16.2 Å². The fourth-order valence-corrected chi connectivity index (χ4v) is 2.77. The zero-order chi connectivity index (χ0) is 14.3. The van der Waals surface area contributed by atoms with Gasteiger partial charge >= 0.3 is 5.76 Å². The standard InChI is InChI=1S/C15H20N2O3/c1-15(2)5-3-9(4-6-15)19-12-8-11-13(7-10(12)16)20-14(18)17-11/h7-9H,3-6,16H2,1-2H3,(H,17,18). The number of ether oxygens (including phenoxy) is 1. The van der Waals surface area contributed by atoms with Crippen molar-refractivity contribution in [2.24, 2.45) is 5.41 Å². The molecule has 1 aromatic heterocycles. The molecule has 0 atom stereocenters. The molecule has 20 heavy (non-hydrogen) atoms. The van der Waals surface area contributed by atoms with E-state index in [1.54, 1.807) is 12.1 Å². The van der Waals surface area contributed by atoms with Crippen LogP contribution in [0.25, 0.3) is 11.1 Å². The minimum Gasteiger partial charge on any atom is -0.488 e. The third-order valence-corrected chi connectivity index (χ3v) is 4.13. The molecule has 3 N–H and O–H groups in total. The number of anilines is 1. The van der Waals surface area contributed by atoms with Gasteiger partial charge in [-0.1, -0.05) is 13.8 Å². The van der Waals surface area contributed by atoms with Gasteiger partial charge < -0.3 is 14.9 Å². The maximum atomic E-state index is 11.2. The van der Waals surface area contributed by atoms with E-state index in [1.807, 2.05) is 0 Å². The number of nitrogen functional groups attached to an aromatic ring is 1. The molecule has 5 nitrogen and oxygen atoms in total. The molecular formula is C15H20N2O3. The SMILES string of the molecule is CC1(C)CCC(Oc2cc3[nH]c(=O)oc3cc2N)CC1. The molecular weight excluding hydrogens is 256 g/mol. The highest BCUT2D eigenvalue weighted by Crippen LogP contribution is 2.37. The van der Waals surface area contributed by atoms with E-state index in [9.17, 15) is 4.79 Å². The molecule has 5 heteroatoms. The molecule has 1 aromatic carbocycles. The van der Waals surface area contributed by atoms with Gasteiger partial charge in [-0.15, -0.1) is 0 Å². The number of hydrogen-bond acceptors (Lipinski definition) is 4. The van der Waals surface area contributed by atoms with E-state index in [1.165, 1.54) is 0 Å². The van der Waals surface area contributed by atoms with Crippen molar-refractivity contribution in [3.63, 3.8) is 0 Å². The van der Waals surface area contributed by atoms with E-state index >= 15 is 0 Å². The highest BCUT2D eigenvalue weighted by Gasteiger charge is 2.28. The van der Waals surface area contributed by atoms with Crippen LogP contribution in [-0.4, -0.2) is 11.1 Å². The van der Waals surface area contributed by atoms with Crippen molar-refractivity contribution in [2.75, 3.05) is 5.73 Å². The second kappa shape index (κ2) is 4.58. The molecule has 1 aliphatic carbocycles. The van der Waals surface area contributed by atoms with E-state index < -0.39 is 5.76 Å². The number of nitrogens with two attached hydrogens (primary N) is 1. The molecule has 0 bridgehead atoms. The fourth-order valence-electron chi connectivity index (χ4n) is 2.77. The average molecular weight is 276 g/mol. The smallest absolute Gasteiger partial charge is 0.417 e. The molecule has 0 aliphatic heterocycles. The summed E-state index contributed by atoms with van der Waals surface area (Å²) in [5.74, 6) is 0.148. The van der Waals surface area contributed by atoms with Crippen LogP contribution in [0, 0.1) is 5.41 Å². The van der Waals surface area contributed by atoms with E-state index in [-0.39, 0.29) is 6.10 Å². The van der Waals surface area contributed by atoms with Crippen LogP contribution in [0.15, 0.2) is 21.3 Å². The predicted octanol–water partition coefficient (Wildman–Crippen LogP) is 3.05. The maximum absolute atomic E-state index is 11.2. The number of hydrogen-bond donors (Lipinski definition) is 2. The molecule has 1 fully saturated rings. The third kappa shape index (κ3) is 2.53. The Morgan fingerprint density at radius 1 is 1.35 bits per heavy atom. The van der Waals surface area contributed by atoms with E-state index in [4.69, 9.17) is 14.9 Å². The third-order valence-electron chi connectivity index (χ3n) is 4.13. The topological polar surface area (TPSA) is 81.2 Å². The van der Waals surface area contributed by atoms with Gasteiger partial charge in [0.2, 0.25) is 0 Å².